The van der Waals surface area contributed by atoms with Crippen LogP contribution in [0.3, 0.4) is 0 Å². The van der Waals surface area contributed by atoms with Crippen molar-refractivity contribution in [3.05, 3.63) is 64.6 Å². The van der Waals surface area contributed by atoms with Crippen LogP contribution in [0.1, 0.15) is 17.9 Å². The number of hydrogen-bond acceptors (Lipinski definition) is 8. The molecule has 168 valence electrons. The third kappa shape index (κ3) is 3.93. The molecule has 2 fully saturated rings. The van der Waals surface area contributed by atoms with Crippen molar-refractivity contribution in [2.45, 2.75) is 13.0 Å². The van der Waals surface area contributed by atoms with Crippen LogP contribution in [0.25, 0.3) is 11.2 Å². The Morgan fingerprint density at radius 3 is 2.48 bits per heavy atom. The summed E-state index contributed by atoms with van der Waals surface area (Å²) in [5, 5.41) is 12.0. The van der Waals surface area contributed by atoms with Crippen LogP contribution in [-0.2, 0) is 13.6 Å². The predicted molar refractivity (Wildman–Crippen MR) is 111 cm³/mol. The summed E-state index contributed by atoms with van der Waals surface area (Å²) < 4.78 is 34.6. The van der Waals surface area contributed by atoms with E-state index in [2.05, 4.69) is 20.1 Å². The molecule has 1 aliphatic carbocycles. The molecule has 2 aliphatic rings. The predicted octanol–water partition coefficient (Wildman–Crippen LogP) is 1.85. The van der Waals surface area contributed by atoms with Crippen LogP contribution in [0, 0.1) is 34.8 Å². The summed E-state index contributed by atoms with van der Waals surface area (Å²) in [6, 6.07) is 4.04. The van der Waals surface area contributed by atoms with E-state index in [1.165, 1.54) is 41.8 Å². The monoisotopic (exact) mass is 452 g/mol. The van der Waals surface area contributed by atoms with Crippen molar-refractivity contribution >= 4 is 16.9 Å². The molecule has 10 nitrogen and oxygen atoms in total. The molecule has 1 saturated carbocycles. The van der Waals surface area contributed by atoms with Gasteiger partial charge in [-0.25, -0.2) is 18.7 Å². The average molecular weight is 452 g/mol. The molecule has 0 spiro atoms. The van der Waals surface area contributed by atoms with E-state index < -0.39 is 17.2 Å². The maximum Gasteiger partial charge on any atom is 0.280 e. The van der Waals surface area contributed by atoms with Gasteiger partial charge in [-0.15, -0.1) is 0 Å². The molecule has 0 bridgehead atoms. The summed E-state index contributed by atoms with van der Waals surface area (Å²) in [6.45, 7) is 1.97. The Balaban J connectivity index is 0.000000139. The van der Waals surface area contributed by atoms with Crippen molar-refractivity contribution in [2.75, 3.05) is 18.0 Å². The van der Waals surface area contributed by atoms with Crippen LogP contribution in [0.5, 0.6) is 0 Å². The van der Waals surface area contributed by atoms with Gasteiger partial charge in [0.15, 0.2) is 17.5 Å². The second-order valence-electron chi connectivity index (χ2n) is 8.10. The zero-order valence-electron chi connectivity index (χ0n) is 17.5. The fourth-order valence-corrected chi connectivity index (χ4v) is 4.05. The van der Waals surface area contributed by atoms with Crippen molar-refractivity contribution in [1.29, 1.82) is 5.26 Å². The summed E-state index contributed by atoms with van der Waals surface area (Å²) in [6.07, 6.45) is 5.51. The van der Waals surface area contributed by atoms with Crippen molar-refractivity contribution in [3.8, 4) is 6.07 Å². The molecule has 0 radical (unpaired) electrons. The van der Waals surface area contributed by atoms with Crippen molar-refractivity contribution < 1.29 is 13.3 Å². The number of nitriles is 1. The first-order chi connectivity index (χ1) is 15.9. The van der Waals surface area contributed by atoms with Gasteiger partial charge in [0.05, 0.1) is 6.33 Å². The highest BCUT2D eigenvalue weighted by atomic mass is 19.1. The average Bonchev–Trinajstić information content (AvgIpc) is 3.19. The summed E-state index contributed by atoms with van der Waals surface area (Å²) >= 11 is 0. The molecule has 1 saturated heterocycles. The number of fused-ring (bicyclic) bond motifs is 2. The fraction of sp³-hybridized carbons (Fsp3) is 0.333. The first-order valence-electron chi connectivity index (χ1n) is 10.2. The van der Waals surface area contributed by atoms with E-state index in [4.69, 9.17) is 9.78 Å². The third-order valence-electron chi connectivity index (χ3n) is 5.90. The number of imidazole rings is 1. The Morgan fingerprint density at radius 1 is 1.15 bits per heavy atom. The molecule has 4 aromatic rings. The number of aromatic nitrogens is 6. The van der Waals surface area contributed by atoms with Crippen LogP contribution >= 0.6 is 0 Å². The normalized spacial score (nSPS) is 18.5. The van der Waals surface area contributed by atoms with E-state index in [1.54, 1.807) is 17.9 Å². The smallest absolute Gasteiger partial charge is 0.280 e. The van der Waals surface area contributed by atoms with Gasteiger partial charge in [-0.2, -0.15) is 10.2 Å². The van der Waals surface area contributed by atoms with E-state index in [9.17, 15) is 13.6 Å². The van der Waals surface area contributed by atoms with E-state index in [0.717, 1.165) is 13.1 Å². The molecule has 0 amide bonds. The highest BCUT2D eigenvalue weighted by Gasteiger charge is 2.45. The Hall–Kier alpha value is -4.14. The van der Waals surface area contributed by atoms with Crippen LogP contribution in [0.4, 0.5) is 14.5 Å². The molecule has 12 heteroatoms. The summed E-state index contributed by atoms with van der Waals surface area (Å²) in [4.78, 5) is 26.0. The lowest BCUT2D eigenvalue weighted by Gasteiger charge is -2.20. The van der Waals surface area contributed by atoms with Crippen LogP contribution < -0.4 is 10.5 Å². The molecule has 2 atom stereocenters. The number of piperidine rings is 1. The van der Waals surface area contributed by atoms with Gasteiger partial charge in [-0.3, -0.25) is 9.36 Å². The summed E-state index contributed by atoms with van der Waals surface area (Å²) in [5.74, 6) is 0.245. The second-order valence-corrected chi connectivity index (χ2v) is 8.10. The van der Waals surface area contributed by atoms with E-state index in [1.807, 2.05) is 4.90 Å². The van der Waals surface area contributed by atoms with Gasteiger partial charge in [-0.05, 0) is 30.4 Å². The Bertz CT molecular complexity index is 1390. The number of benzene rings is 1. The lowest BCUT2D eigenvalue weighted by molar-refractivity contribution is 0.368. The van der Waals surface area contributed by atoms with Gasteiger partial charge >= 0.3 is 0 Å². The Morgan fingerprint density at radius 2 is 1.85 bits per heavy atom. The number of nitrogens with zero attached hydrogens (tertiary/aromatic N) is 8. The molecule has 1 aromatic carbocycles. The maximum atomic E-state index is 13.4. The van der Waals surface area contributed by atoms with Gasteiger partial charge < -0.3 is 14.0 Å². The van der Waals surface area contributed by atoms with Gasteiger partial charge in [0.1, 0.15) is 36.1 Å². The highest BCUT2D eigenvalue weighted by molar-refractivity contribution is 5.68. The minimum atomic E-state index is -0.766. The van der Waals surface area contributed by atoms with E-state index in [0.29, 0.717) is 34.6 Å². The topological polar surface area (TPSA) is 119 Å². The maximum absolute atomic E-state index is 13.4. The SMILES string of the molecule is Cn1cnc2ncn(Cc3ncno3)c(=O)c21.N#Cc1c(F)cc(N2C[C@H]3C[C@H]3C2)cc1F. The number of hydrogen-bond donors (Lipinski definition) is 0. The quantitative estimate of drug-likeness (QED) is 0.462. The van der Waals surface area contributed by atoms with Crippen LogP contribution in [0.15, 0.2) is 40.4 Å². The zero-order valence-corrected chi connectivity index (χ0v) is 17.5. The minimum Gasteiger partial charge on any atom is -0.371 e. The molecule has 1 aliphatic heterocycles. The highest BCUT2D eigenvalue weighted by Crippen LogP contribution is 2.46. The minimum absolute atomic E-state index is 0.187. The van der Waals surface area contributed by atoms with E-state index >= 15 is 0 Å². The van der Waals surface area contributed by atoms with Crippen molar-refractivity contribution in [2.24, 2.45) is 18.9 Å². The molecule has 4 heterocycles. The summed E-state index contributed by atoms with van der Waals surface area (Å²) in [5.41, 5.74) is 0.758. The number of halogens is 2. The van der Waals surface area contributed by atoms with Gasteiger partial charge in [-0.1, -0.05) is 5.16 Å². The van der Waals surface area contributed by atoms with Crippen LogP contribution in [-0.4, -0.2) is 42.3 Å². The fourth-order valence-electron chi connectivity index (χ4n) is 4.05. The third-order valence-corrected chi connectivity index (χ3v) is 5.90. The first-order valence-corrected chi connectivity index (χ1v) is 10.2. The van der Waals surface area contributed by atoms with Crippen molar-refractivity contribution in [3.63, 3.8) is 0 Å². The lowest BCUT2D eigenvalue weighted by Crippen LogP contribution is -2.22. The Kier molecular flexibility index (Phi) is 5.08. The number of rotatable bonds is 3. The van der Waals surface area contributed by atoms with E-state index in [-0.39, 0.29) is 12.1 Å². The standard InChI is InChI=1S/C12H10F2N2.C9H8N6O2/c13-11-2-9(3-12(14)10(11)4-15)16-5-7-1-8(7)6-16;1-14-4-11-8-7(14)9(16)15(5-12-8)2-6-10-3-13-17-6/h2-3,7-8H,1,5-6H2;3-5H,2H2,1H3/t7-,8+;. The van der Waals surface area contributed by atoms with Gasteiger partial charge in [0, 0.05) is 25.8 Å². The molecular weight excluding hydrogens is 434 g/mol. The summed E-state index contributed by atoms with van der Waals surface area (Å²) in [7, 11) is 1.75. The van der Waals surface area contributed by atoms with Crippen LogP contribution in [0.2, 0.25) is 0 Å². The molecular formula is C21H18F2N8O2. The molecule has 33 heavy (non-hydrogen) atoms. The molecule has 0 unspecified atom stereocenters. The first kappa shape index (κ1) is 20.7. The number of aryl methyl sites for hydroxylation is 1. The zero-order chi connectivity index (χ0) is 23.1. The number of anilines is 1. The molecule has 0 N–H and O–H groups in total. The van der Waals surface area contributed by atoms with Crippen molar-refractivity contribution in [1.82, 2.24) is 29.2 Å². The second kappa shape index (κ2) is 8.09. The van der Waals surface area contributed by atoms with Gasteiger partial charge in [0.25, 0.3) is 5.56 Å². The largest absolute Gasteiger partial charge is 0.371 e. The lowest BCUT2D eigenvalue weighted by atomic mass is 10.2. The molecule has 3 aromatic heterocycles. The Labute approximate surface area is 185 Å². The molecule has 6 rings (SSSR count). The van der Waals surface area contributed by atoms with Gasteiger partial charge in [0.2, 0.25) is 5.89 Å².